The molecule has 1 aromatic rings. The maximum absolute atomic E-state index is 12.4. The molecule has 0 fully saturated rings. The van der Waals surface area contributed by atoms with Crippen molar-refractivity contribution in [1.29, 1.82) is 0 Å². The number of nitrogens with one attached hydrogen (secondary N) is 2. The topological polar surface area (TPSA) is 101 Å². The highest BCUT2D eigenvalue weighted by molar-refractivity contribution is 7.89. The SMILES string of the molecule is CCC(C)C(C)NS(=O)(=O)c1cccc(NC)c1[N+](=O)[O-]. The molecule has 0 aromatic heterocycles. The molecule has 0 aliphatic carbocycles. The number of hydrogen-bond acceptors (Lipinski definition) is 5. The van der Waals surface area contributed by atoms with Gasteiger partial charge in [-0.2, -0.15) is 0 Å². The Labute approximate surface area is 124 Å². The minimum Gasteiger partial charge on any atom is -0.383 e. The summed E-state index contributed by atoms with van der Waals surface area (Å²) in [4.78, 5) is 10.2. The van der Waals surface area contributed by atoms with Gasteiger partial charge in [-0.15, -0.1) is 0 Å². The van der Waals surface area contributed by atoms with Crippen LogP contribution in [0.15, 0.2) is 23.1 Å². The van der Waals surface area contributed by atoms with Gasteiger partial charge in [-0.05, 0) is 25.0 Å². The fraction of sp³-hybridized carbons (Fsp3) is 0.538. The van der Waals surface area contributed by atoms with Gasteiger partial charge in [0.1, 0.15) is 5.69 Å². The lowest BCUT2D eigenvalue weighted by Crippen LogP contribution is -2.37. The van der Waals surface area contributed by atoms with E-state index in [9.17, 15) is 18.5 Å². The van der Waals surface area contributed by atoms with E-state index in [-0.39, 0.29) is 22.5 Å². The molecule has 0 saturated carbocycles. The first-order valence-electron chi connectivity index (χ1n) is 6.72. The van der Waals surface area contributed by atoms with E-state index < -0.39 is 20.6 Å². The molecule has 1 rings (SSSR count). The first-order valence-corrected chi connectivity index (χ1v) is 8.20. The zero-order valence-corrected chi connectivity index (χ0v) is 13.4. The summed E-state index contributed by atoms with van der Waals surface area (Å²) in [6.45, 7) is 5.63. The molecule has 0 heterocycles. The van der Waals surface area contributed by atoms with E-state index in [0.717, 1.165) is 6.42 Å². The van der Waals surface area contributed by atoms with Gasteiger partial charge in [0.05, 0.1) is 4.92 Å². The van der Waals surface area contributed by atoms with Crippen LogP contribution in [0, 0.1) is 16.0 Å². The van der Waals surface area contributed by atoms with Gasteiger partial charge in [-0.3, -0.25) is 10.1 Å². The third-order valence-electron chi connectivity index (χ3n) is 3.58. The normalized spacial score (nSPS) is 14.5. The number of benzene rings is 1. The van der Waals surface area contributed by atoms with Crippen molar-refractivity contribution in [3.05, 3.63) is 28.3 Å². The lowest BCUT2D eigenvalue weighted by Gasteiger charge is -2.20. The molecule has 0 aliphatic rings. The second kappa shape index (κ2) is 6.86. The maximum atomic E-state index is 12.4. The number of anilines is 1. The Balaban J connectivity index is 3.29. The molecule has 2 N–H and O–H groups in total. The number of para-hydroxylation sites is 1. The number of sulfonamides is 1. The predicted molar refractivity (Wildman–Crippen MR) is 81.9 cm³/mol. The quantitative estimate of drug-likeness (QED) is 0.594. The van der Waals surface area contributed by atoms with Crippen molar-refractivity contribution in [2.45, 2.75) is 38.1 Å². The number of nitro groups is 1. The molecular weight excluding hydrogens is 294 g/mol. The molecular formula is C13H21N3O4S. The predicted octanol–water partition coefficient (Wildman–Crippen LogP) is 2.35. The molecule has 0 spiro atoms. The third-order valence-corrected chi connectivity index (χ3v) is 5.17. The van der Waals surface area contributed by atoms with Crippen LogP contribution in [0.5, 0.6) is 0 Å². The standard InChI is InChI=1S/C13H21N3O4S/c1-5-9(2)10(3)15-21(19,20)12-8-6-7-11(14-4)13(12)16(17)18/h6-10,14-15H,5H2,1-4H3. The first kappa shape index (κ1) is 17.4. The summed E-state index contributed by atoms with van der Waals surface area (Å²) >= 11 is 0. The van der Waals surface area contributed by atoms with Crippen LogP contribution < -0.4 is 10.0 Å². The highest BCUT2D eigenvalue weighted by atomic mass is 32.2. The Hall–Kier alpha value is -1.67. The van der Waals surface area contributed by atoms with Crippen LogP contribution in [-0.4, -0.2) is 26.4 Å². The van der Waals surface area contributed by atoms with E-state index in [1.54, 1.807) is 6.92 Å². The van der Waals surface area contributed by atoms with Crippen LogP contribution in [0.25, 0.3) is 0 Å². The maximum Gasteiger partial charge on any atom is 0.312 e. The molecule has 2 unspecified atom stereocenters. The van der Waals surface area contributed by atoms with Gasteiger partial charge in [0, 0.05) is 13.1 Å². The smallest absolute Gasteiger partial charge is 0.312 e. The average molecular weight is 315 g/mol. The number of hydrogen-bond donors (Lipinski definition) is 2. The van der Waals surface area contributed by atoms with Crippen LogP contribution in [-0.2, 0) is 10.0 Å². The van der Waals surface area contributed by atoms with Crippen molar-refractivity contribution in [3.8, 4) is 0 Å². The van der Waals surface area contributed by atoms with Gasteiger partial charge >= 0.3 is 5.69 Å². The van der Waals surface area contributed by atoms with E-state index >= 15 is 0 Å². The molecule has 0 bridgehead atoms. The van der Waals surface area contributed by atoms with Crippen molar-refractivity contribution in [2.24, 2.45) is 5.92 Å². The molecule has 0 aliphatic heterocycles. The van der Waals surface area contributed by atoms with Gasteiger partial charge in [0.25, 0.3) is 0 Å². The van der Waals surface area contributed by atoms with Gasteiger partial charge in [0.2, 0.25) is 10.0 Å². The second-order valence-electron chi connectivity index (χ2n) is 4.95. The fourth-order valence-corrected chi connectivity index (χ4v) is 3.45. The van der Waals surface area contributed by atoms with Crippen molar-refractivity contribution < 1.29 is 13.3 Å². The summed E-state index contributed by atoms with van der Waals surface area (Å²) in [6.07, 6.45) is 0.808. The summed E-state index contributed by atoms with van der Waals surface area (Å²) in [5.74, 6) is 0.131. The van der Waals surface area contributed by atoms with Gasteiger partial charge in [0.15, 0.2) is 4.90 Å². The van der Waals surface area contributed by atoms with Crippen molar-refractivity contribution >= 4 is 21.4 Å². The average Bonchev–Trinajstić information content (AvgIpc) is 2.44. The summed E-state index contributed by atoms with van der Waals surface area (Å²) < 4.78 is 27.3. The van der Waals surface area contributed by atoms with Gasteiger partial charge in [-0.1, -0.05) is 26.3 Å². The Kier molecular flexibility index (Phi) is 5.68. The van der Waals surface area contributed by atoms with Crippen LogP contribution in [0.1, 0.15) is 27.2 Å². The molecule has 1 aromatic carbocycles. The zero-order valence-electron chi connectivity index (χ0n) is 12.6. The first-order chi connectivity index (χ1) is 9.74. The van der Waals surface area contributed by atoms with Crippen LogP contribution in [0.4, 0.5) is 11.4 Å². The highest BCUT2D eigenvalue weighted by Crippen LogP contribution is 2.31. The molecule has 8 heteroatoms. The van der Waals surface area contributed by atoms with Crippen molar-refractivity contribution in [1.82, 2.24) is 4.72 Å². The highest BCUT2D eigenvalue weighted by Gasteiger charge is 2.30. The Bertz CT molecular complexity index is 616. The Morgan fingerprint density at radius 3 is 2.43 bits per heavy atom. The summed E-state index contributed by atoms with van der Waals surface area (Å²) in [5, 5.41) is 13.8. The second-order valence-corrected chi connectivity index (χ2v) is 6.64. The minimum atomic E-state index is -3.95. The lowest BCUT2D eigenvalue weighted by atomic mass is 10.0. The zero-order chi connectivity index (χ0) is 16.2. The largest absolute Gasteiger partial charge is 0.383 e. The summed E-state index contributed by atoms with van der Waals surface area (Å²) in [5.41, 5.74) is -0.275. The van der Waals surface area contributed by atoms with Gasteiger partial charge < -0.3 is 5.32 Å². The van der Waals surface area contributed by atoms with Crippen molar-refractivity contribution in [2.75, 3.05) is 12.4 Å². The van der Waals surface area contributed by atoms with E-state index in [1.807, 2.05) is 13.8 Å². The van der Waals surface area contributed by atoms with E-state index in [1.165, 1.54) is 25.2 Å². The molecule has 2 atom stereocenters. The molecule has 0 saturated heterocycles. The molecule has 118 valence electrons. The van der Waals surface area contributed by atoms with Crippen molar-refractivity contribution in [3.63, 3.8) is 0 Å². The minimum absolute atomic E-state index is 0.131. The third kappa shape index (κ3) is 3.92. The van der Waals surface area contributed by atoms with E-state index in [2.05, 4.69) is 10.0 Å². The lowest BCUT2D eigenvalue weighted by molar-refractivity contribution is -0.386. The van der Waals surface area contributed by atoms with Crippen LogP contribution in [0.2, 0.25) is 0 Å². The molecule has 21 heavy (non-hydrogen) atoms. The summed E-state index contributed by atoms with van der Waals surface area (Å²) in [6, 6.07) is 3.87. The van der Waals surface area contributed by atoms with E-state index in [4.69, 9.17) is 0 Å². The number of nitro benzene ring substituents is 1. The van der Waals surface area contributed by atoms with E-state index in [0.29, 0.717) is 0 Å². The van der Waals surface area contributed by atoms with Crippen LogP contribution in [0.3, 0.4) is 0 Å². The number of nitrogens with zero attached hydrogens (tertiary/aromatic N) is 1. The van der Waals surface area contributed by atoms with Crippen LogP contribution >= 0.6 is 0 Å². The Morgan fingerprint density at radius 1 is 1.33 bits per heavy atom. The monoisotopic (exact) mass is 315 g/mol. The molecule has 0 radical (unpaired) electrons. The summed E-state index contributed by atoms with van der Waals surface area (Å²) in [7, 11) is -2.45. The fourth-order valence-electron chi connectivity index (χ4n) is 1.91. The Morgan fingerprint density at radius 2 is 1.95 bits per heavy atom. The number of rotatable bonds is 7. The molecule has 0 amide bonds. The van der Waals surface area contributed by atoms with Gasteiger partial charge in [-0.25, -0.2) is 13.1 Å². The molecule has 7 nitrogen and oxygen atoms in total.